The van der Waals surface area contributed by atoms with Gasteiger partial charge in [0, 0.05) is 13.1 Å². The van der Waals surface area contributed by atoms with E-state index in [4.69, 9.17) is 5.73 Å². The Labute approximate surface area is 88.8 Å². The summed E-state index contributed by atoms with van der Waals surface area (Å²) in [6.45, 7) is 11.3. The van der Waals surface area contributed by atoms with Gasteiger partial charge in [-0.2, -0.15) is 0 Å². The van der Waals surface area contributed by atoms with E-state index in [9.17, 15) is 0 Å². The Morgan fingerprint density at radius 1 is 1.36 bits per heavy atom. The lowest BCUT2D eigenvalue weighted by molar-refractivity contribution is 0.165. The van der Waals surface area contributed by atoms with Crippen LogP contribution >= 0.6 is 0 Å². The number of hydrogen-bond donors (Lipinski definition) is 1. The van der Waals surface area contributed by atoms with Gasteiger partial charge in [-0.1, -0.05) is 20.8 Å². The molecule has 0 aromatic carbocycles. The fraction of sp³-hybridized carbons (Fsp3) is 1.00. The van der Waals surface area contributed by atoms with Crippen molar-refractivity contribution in [1.29, 1.82) is 0 Å². The molecule has 0 spiro atoms. The molecule has 1 fully saturated rings. The van der Waals surface area contributed by atoms with Gasteiger partial charge >= 0.3 is 0 Å². The molecule has 14 heavy (non-hydrogen) atoms. The minimum atomic E-state index is 0.324. The summed E-state index contributed by atoms with van der Waals surface area (Å²) in [5.41, 5.74) is 6.16. The minimum absolute atomic E-state index is 0.324. The highest BCUT2D eigenvalue weighted by atomic mass is 15.1. The molecule has 0 saturated heterocycles. The largest absolute Gasteiger partial charge is 0.330 e. The Hall–Kier alpha value is -0.0800. The van der Waals surface area contributed by atoms with Crippen LogP contribution in [0.4, 0.5) is 0 Å². The molecule has 0 heterocycles. The van der Waals surface area contributed by atoms with Crippen molar-refractivity contribution in [2.45, 2.75) is 40.0 Å². The summed E-state index contributed by atoms with van der Waals surface area (Å²) in [6, 6.07) is 0. The predicted octanol–water partition coefficient (Wildman–Crippen LogP) is 2.09. The number of rotatable bonds is 7. The summed E-state index contributed by atoms with van der Waals surface area (Å²) in [4.78, 5) is 2.58. The maximum atomic E-state index is 5.84. The van der Waals surface area contributed by atoms with Crippen LogP contribution in [0.25, 0.3) is 0 Å². The van der Waals surface area contributed by atoms with Crippen LogP contribution in [-0.2, 0) is 0 Å². The zero-order valence-corrected chi connectivity index (χ0v) is 10.1. The molecule has 2 heteroatoms. The zero-order valence-electron chi connectivity index (χ0n) is 10.1. The third-order valence-corrected chi connectivity index (χ3v) is 3.61. The summed E-state index contributed by atoms with van der Waals surface area (Å²) >= 11 is 0. The normalized spacial score (nSPS) is 21.2. The minimum Gasteiger partial charge on any atom is -0.330 e. The maximum absolute atomic E-state index is 5.84. The molecule has 0 aromatic rings. The van der Waals surface area contributed by atoms with Crippen molar-refractivity contribution in [1.82, 2.24) is 4.90 Å². The first-order valence-electron chi connectivity index (χ1n) is 6.06. The van der Waals surface area contributed by atoms with Gasteiger partial charge in [-0.25, -0.2) is 0 Å². The van der Waals surface area contributed by atoms with Crippen LogP contribution < -0.4 is 5.73 Å². The summed E-state index contributed by atoms with van der Waals surface area (Å²) in [5, 5.41) is 0. The maximum Gasteiger partial charge on any atom is 0.00473 e. The quantitative estimate of drug-likeness (QED) is 0.679. The molecule has 0 aliphatic heterocycles. The van der Waals surface area contributed by atoms with E-state index in [-0.39, 0.29) is 0 Å². The highest BCUT2D eigenvalue weighted by Crippen LogP contribution is 2.31. The second-order valence-electron chi connectivity index (χ2n) is 5.14. The first-order valence-corrected chi connectivity index (χ1v) is 6.06. The van der Waals surface area contributed by atoms with Crippen LogP contribution in [0.1, 0.15) is 40.0 Å². The van der Waals surface area contributed by atoms with Gasteiger partial charge in [-0.15, -0.1) is 0 Å². The Kier molecular flexibility index (Phi) is 4.39. The average molecular weight is 198 g/mol. The fourth-order valence-corrected chi connectivity index (χ4v) is 1.83. The number of hydrogen-bond acceptors (Lipinski definition) is 2. The van der Waals surface area contributed by atoms with E-state index in [1.807, 2.05) is 0 Å². The molecule has 1 unspecified atom stereocenters. The molecule has 0 radical (unpaired) electrons. The van der Waals surface area contributed by atoms with Crippen molar-refractivity contribution in [2.24, 2.45) is 17.1 Å². The first-order chi connectivity index (χ1) is 6.63. The Balaban J connectivity index is 2.35. The van der Waals surface area contributed by atoms with E-state index in [0.717, 1.165) is 12.5 Å². The highest BCUT2D eigenvalue weighted by Gasteiger charge is 2.28. The SMILES string of the molecule is CCN(CC1CC1)CC(C)(CC)CN. The van der Waals surface area contributed by atoms with E-state index in [1.165, 1.54) is 38.9 Å². The topological polar surface area (TPSA) is 29.3 Å². The van der Waals surface area contributed by atoms with Gasteiger partial charge < -0.3 is 10.6 Å². The van der Waals surface area contributed by atoms with Crippen LogP contribution in [0, 0.1) is 11.3 Å². The van der Waals surface area contributed by atoms with Gasteiger partial charge in [0.1, 0.15) is 0 Å². The van der Waals surface area contributed by atoms with E-state index in [0.29, 0.717) is 5.41 Å². The second-order valence-corrected chi connectivity index (χ2v) is 5.14. The van der Waals surface area contributed by atoms with Crippen molar-refractivity contribution in [3.05, 3.63) is 0 Å². The first kappa shape index (κ1) is 12.0. The molecule has 1 rings (SSSR count). The third kappa shape index (κ3) is 3.58. The number of nitrogens with zero attached hydrogens (tertiary/aromatic N) is 1. The lowest BCUT2D eigenvalue weighted by atomic mass is 9.87. The summed E-state index contributed by atoms with van der Waals surface area (Å²) in [7, 11) is 0. The summed E-state index contributed by atoms with van der Waals surface area (Å²) in [5.74, 6) is 0.994. The summed E-state index contributed by atoms with van der Waals surface area (Å²) in [6.07, 6.45) is 4.08. The zero-order chi connectivity index (χ0) is 10.6. The van der Waals surface area contributed by atoms with Gasteiger partial charge in [-0.05, 0) is 43.7 Å². The molecule has 0 aromatic heterocycles. The van der Waals surface area contributed by atoms with Gasteiger partial charge in [0.25, 0.3) is 0 Å². The van der Waals surface area contributed by atoms with Gasteiger partial charge in [0.15, 0.2) is 0 Å². The molecule has 1 saturated carbocycles. The van der Waals surface area contributed by atoms with Gasteiger partial charge in [0.05, 0.1) is 0 Å². The van der Waals surface area contributed by atoms with Crippen molar-refractivity contribution in [2.75, 3.05) is 26.2 Å². The number of nitrogens with two attached hydrogens (primary N) is 1. The predicted molar refractivity (Wildman–Crippen MR) is 62.3 cm³/mol. The summed E-state index contributed by atoms with van der Waals surface area (Å²) < 4.78 is 0. The standard InChI is InChI=1S/C12H26N2/c1-4-12(3,9-13)10-14(5-2)8-11-6-7-11/h11H,4-10,13H2,1-3H3. The molecule has 84 valence electrons. The fourth-order valence-electron chi connectivity index (χ4n) is 1.83. The molecule has 0 bridgehead atoms. The van der Waals surface area contributed by atoms with E-state index in [2.05, 4.69) is 25.7 Å². The molecule has 2 N–H and O–H groups in total. The van der Waals surface area contributed by atoms with Gasteiger partial charge in [-0.3, -0.25) is 0 Å². The Morgan fingerprint density at radius 3 is 2.36 bits per heavy atom. The second kappa shape index (κ2) is 5.13. The van der Waals surface area contributed by atoms with Gasteiger partial charge in [0.2, 0.25) is 0 Å². The van der Waals surface area contributed by atoms with E-state index >= 15 is 0 Å². The molecule has 1 atom stereocenters. The lowest BCUT2D eigenvalue weighted by Crippen LogP contribution is -2.41. The molecule has 2 nitrogen and oxygen atoms in total. The van der Waals surface area contributed by atoms with Crippen molar-refractivity contribution < 1.29 is 0 Å². The monoisotopic (exact) mass is 198 g/mol. The highest BCUT2D eigenvalue weighted by molar-refractivity contribution is 4.82. The Bertz CT molecular complexity index is 160. The van der Waals surface area contributed by atoms with Crippen molar-refractivity contribution in [3.63, 3.8) is 0 Å². The van der Waals surface area contributed by atoms with Crippen LogP contribution in [0.3, 0.4) is 0 Å². The van der Waals surface area contributed by atoms with Crippen LogP contribution in [-0.4, -0.2) is 31.1 Å². The molecule has 1 aliphatic carbocycles. The molecule has 1 aliphatic rings. The molecule has 0 amide bonds. The Morgan fingerprint density at radius 2 is 2.00 bits per heavy atom. The van der Waals surface area contributed by atoms with Crippen molar-refractivity contribution >= 4 is 0 Å². The average Bonchev–Trinajstić information content (AvgIpc) is 3.00. The van der Waals surface area contributed by atoms with Crippen LogP contribution in [0.15, 0.2) is 0 Å². The van der Waals surface area contributed by atoms with E-state index < -0.39 is 0 Å². The van der Waals surface area contributed by atoms with Crippen LogP contribution in [0.5, 0.6) is 0 Å². The van der Waals surface area contributed by atoms with Crippen LogP contribution in [0.2, 0.25) is 0 Å². The van der Waals surface area contributed by atoms with E-state index in [1.54, 1.807) is 0 Å². The molecular formula is C12H26N2. The van der Waals surface area contributed by atoms with Crippen molar-refractivity contribution in [3.8, 4) is 0 Å². The lowest BCUT2D eigenvalue weighted by Gasteiger charge is -2.33. The smallest absolute Gasteiger partial charge is 0.00473 e. The third-order valence-electron chi connectivity index (χ3n) is 3.61. The molecular weight excluding hydrogens is 172 g/mol.